The minimum atomic E-state index is -4.07. The van der Waals surface area contributed by atoms with E-state index >= 15 is 0 Å². The highest BCUT2D eigenvalue weighted by molar-refractivity contribution is 8.13. The highest BCUT2D eigenvalue weighted by Crippen LogP contribution is 2.19. The number of hydrogen-bond acceptors (Lipinski definition) is 3. The van der Waals surface area contributed by atoms with Gasteiger partial charge in [0.15, 0.2) is 0 Å². The average molecular weight is 308 g/mol. The maximum Gasteiger partial charge on any atom is 0.261 e. The minimum Gasteiger partial charge on any atom is -0.341 e. The SMILES string of the molecule is CC(C)CN(C)C(=O)c1cc(F)cc(S(=O)(=O)Cl)c1. The molecule has 0 saturated carbocycles. The zero-order chi connectivity index (χ0) is 14.8. The maximum atomic E-state index is 13.4. The summed E-state index contributed by atoms with van der Waals surface area (Å²) in [6.07, 6.45) is 0. The number of carbonyl (C=O) groups is 1. The fourth-order valence-corrected chi connectivity index (χ4v) is 2.47. The van der Waals surface area contributed by atoms with E-state index in [1.807, 2.05) is 13.8 Å². The van der Waals surface area contributed by atoms with Crippen molar-refractivity contribution in [3.8, 4) is 0 Å². The lowest BCUT2D eigenvalue weighted by Crippen LogP contribution is -2.30. The van der Waals surface area contributed by atoms with E-state index in [2.05, 4.69) is 0 Å². The van der Waals surface area contributed by atoms with Gasteiger partial charge in [0.1, 0.15) is 5.82 Å². The highest BCUT2D eigenvalue weighted by atomic mass is 35.7. The summed E-state index contributed by atoms with van der Waals surface area (Å²) in [7, 11) is 2.65. The van der Waals surface area contributed by atoms with Crippen molar-refractivity contribution in [1.29, 1.82) is 0 Å². The Hall–Kier alpha value is -1.14. The van der Waals surface area contributed by atoms with E-state index in [-0.39, 0.29) is 11.5 Å². The van der Waals surface area contributed by atoms with Gasteiger partial charge in [-0.15, -0.1) is 0 Å². The van der Waals surface area contributed by atoms with Crippen molar-refractivity contribution < 1.29 is 17.6 Å². The summed E-state index contributed by atoms with van der Waals surface area (Å²) in [4.78, 5) is 13.0. The molecule has 1 rings (SSSR count). The summed E-state index contributed by atoms with van der Waals surface area (Å²) in [5.74, 6) is -1.02. The fourth-order valence-electron chi connectivity index (χ4n) is 1.68. The van der Waals surface area contributed by atoms with Gasteiger partial charge in [0, 0.05) is 29.8 Å². The number of nitrogens with zero attached hydrogens (tertiary/aromatic N) is 1. The van der Waals surface area contributed by atoms with Crippen LogP contribution in [0, 0.1) is 11.7 Å². The minimum absolute atomic E-state index is 0.0395. The second kappa shape index (κ2) is 5.88. The molecule has 0 N–H and O–H groups in total. The first kappa shape index (κ1) is 15.9. The predicted octanol–water partition coefficient (Wildman–Crippen LogP) is 2.48. The van der Waals surface area contributed by atoms with Crippen LogP contribution in [0.25, 0.3) is 0 Å². The molecule has 0 aromatic heterocycles. The Morgan fingerprint density at radius 3 is 2.42 bits per heavy atom. The summed E-state index contributed by atoms with van der Waals surface area (Å²) in [6.45, 7) is 4.35. The Bertz CT molecular complexity index is 587. The first-order chi connectivity index (χ1) is 8.61. The number of carbonyl (C=O) groups excluding carboxylic acids is 1. The molecule has 0 aliphatic rings. The molecule has 0 fully saturated rings. The lowest BCUT2D eigenvalue weighted by Gasteiger charge is -2.19. The number of rotatable bonds is 4. The second-order valence-corrected chi connectivity index (χ2v) is 7.26. The topological polar surface area (TPSA) is 54.5 Å². The largest absolute Gasteiger partial charge is 0.341 e. The lowest BCUT2D eigenvalue weighted by atomic mass is 10.1. The molecule has 0 unspecified atom stereocenters. The summed E-state index contributed by atoms with van der Waals surface area (Å²) in [5.41, 5.74) is -0.0395. The molecular weight excluding hydrogens is 293 g/mol. The molecule has 0 aliphatic heterocycles. The molecule has 0 heterocycles. The molecular formula is C12H15ClFNO3S. The van der Waals surface area contributed by atoms with Crippen LogP contribution < -0.4 is 0 Å². The van der Waals surface area contributed by atoms with Crippen molar-refractivity contribution in [3.63, 3.8) is 0 Å². The molecule has 19 heavy (non-hydrogen) atoms. The normalized spacial score (nSPS) is 11.7. The molecule has 1 aromatic rings. The Labute approximate surface area is 116 Å². The zero-order valence-corrected chi connectivity index (χ0v) is 12.4. The number of benzene rings is 1. The summed E-state index contributed by atoms with van der Waals surface area (Å²) >= 11 is 0. The second-order valence-electron chi connectivity index (χ2n) is 4.69. The first-order valence-corrected chi connectivity index (χ1v) is 7.93. The fraction of sp³-hybridized carbons (Fsp3) is 0.417. The molecule has 0 spiro atoms. The van der Waals surface area contributed by atoms with Crippen molar-refractivity contribution >= 4 is 25.6 Å². The van der Waals surface area contributed by atoms with Crippen molar-refractivity contribution in [1.82, 2.24) is 4.90 Å². The van der Waals surface area contributed by atoms with Crippen LogP contribution in [0.4, 0.5) is 4.39 Å². The van der Waals surface area contributed by atoms with Gasteiger partial charge in [-0.25, -0.2) is 12.8 Å². The van der Waals surface area contributed by atoms with Gasteiger partial charge in [-0.05, 0) is 24.1 Å². The van der Waals surface area contributed by atoms with E-state index in [1.165, 1.54) is 4.90 Å². The smallest absolute Gasteiger partial charge is 0.261 e. The van der Waals surface area contributed by atoms with Crippen molar-refractivity contribution in [2.75, 3.05) is 13.6 Å². The number of hydrogen-bond donors (Lipinski definition) is 0. The Morgan fingerprint density at radius 1 is 1.37 bits per heavy atom. The average Bonchev–Trinajstić information content (AvgIpc) is 2.25. The van der Waals surface area contributed by atoms with Gasteiger partial charge in [-0.1, -0.05) is 13.8 Å². The summed E-state index contributed by atoms with van der Waals surface area (Å²) in [6, 6.07) is 2.84. The molecule has 0 radical (unpaired) electrons. The van der Waals surface area contributed by atoms with Gasteiger partial charge < -0.3 is 4.90 Å². The lowest BCUT2D eigenvalue weighted by molar-refractivity contribution is 0.0778. The molecule has 0 saturated heterocycles. The van der Waals surface area contributed by atoms with Crippen LogP contribution in [-0.4, -0.2) is 32.8 Å². The van der Waals surface area contributed by atoms with E-state index < -0.39 is 25.7 Å². The van der Waals surface area contributed by atoms with E-state index in [0.29, 0.717) is 6.54 Å². The van der Waals surface area contributed by atoms with Gasteiger partial charge in [0.2, 0.25) is 0 Å². The standard InChI is InChI=1S/C12H15ClFNO3S/c1-8(2)7-15(3)12(16)9-4-10(14)6-11(5-9)19(13,17)18/h4-6,8H,7H2,1-3H3. The van der Waals surface area contributed by atoms with E-state index in [4.69, 9.17) is 10.7 Å². The predicted molar refractivity (Wildman–Crippen MR) is 71.2 cm³/mol. The Kier molecular flexibility index (Phi) is 4.92. The van der Waals surface area contributed by atoms with Crippen LogP contribution in [-0.2, 0) is 9.05 Å². The third-order valence-corrected chi connectivity index (χ3v) is 3.72. The van der Waals surface area contributed by atoms with Gasteiger partial charge in [0.05, 0.1) is 4.90 Å². The van der Waals surface area contributed by atoms with Crippen LogP contribution in [0.5, 0.6) is 0 Å². The first-order valence-electron chi connectivity index (χ1n) is 5.62. The van der Waals surface area contributed by atoms with Crippen molar-refractivity contribution in [3.05, 3.63) is 29.6 Å². The highest BCUT2D eigenvalue weighted by Gasteiger charge is 2.18. The third-order valence-electron chi connectivity index (χ3n) is 2.39. The van der Waals surface area contributed by atoms with E-state index in [0.717, 1.165) is 18.2 Å². The summed E-state index contributed by atoms with van der Waals surface area (Å²) in [5, 5.41) is 0. The van der Waals surface area contributed by atoms with Gasteiger partial charge in [-0.2, -0.15) is 0 Å². The molecule has 1 amide bonds. The zero-order valence-electron chi connectivity index (χ0n) is 10.9. The van der Waals surface area contributed by atoms with Crippen LogP contribution in [0.15, 0.2) is 23.1 Å². The Balaban J connectivity index is 3.14. The maximum absolute atomic E-state index is 13.4. The monoisotopic (exact) mass is 307 g/mol. The Morgan fingerprint density at radius 2 is 1.95 bits per heavy atom. The van der Waals surface area contributed by atoms with Crippen molar-refractivity contribution in [2.24, 2.45) is 5.92 Å². The van der Waals surface area contributed by atoms with Crippen LogP contribution in [0.1, 0.15) is 24.2 Å². The van der Waals surface area contributed by atoms with Crippen molar-refractivity contribution in [2.45, 2.75) is 18.7 Å². The van der Waals surface area contributed by atoms with Gasteiger partial charge in [0.25, 0.3) is 15.0 Å². The van der Waals surface area contributed by atoms with Gasteiger partial charge >= 0.3 is 0 Å². The van der Waals surface area contributed by atoms with E-state index in [1.54, 1.807) is 7.05 Å². The van der Waals surface area contributed by atoms with Crippen LogP contribution >= 0.6 is 10.7 Å². The van der Waals surface area contributed by atoms with E-state index in [9.17, 15) is 17.6 Å². The molecule has 1 aromatic carbocycles. The molecule has 0 atom stereocenters. The molecule has 0 bridgehead atoms. The molecule has 0 aliphatic carbocycles. The van der Waals surface area contributed by atoms with Crippen LogP contribution in [0.3, 0.4) is 0 Å². The van der Waals surface area contributed by atoms with Gasteiger partial charge in [-0.3, -0.25) is 4.79 Å². The van der Waals surface area contributed by atoms with Crippen LogP contribution in [0.2, 0.25) is 0 Å². The molecule has 106 valence electrons. The quantitative estimate of drug-likeness (QED) is 0.803. The summed E-state index contributed by atoms with van der Waals surface area (Å²) < 4.78 is 35.7. The molecule has 4 nitrogen and oxygen atoms in total. The third kappa shape index (κ3) is 4.47. The molecule has 7 heteroatoms. The number of halogens is 2. The number of amides is 1.